The Morgan fingerprint density at radius 1 is 0.618 bits per heavy atom. The largest absolute Gasteiger partial charge is 0.394 e. The summed E-state index contributed by atoms with van der Waals surface area (Å²) >= 11 is 0. The summed E-state index contributed by atoms with van der Waals surface area (Å²) < 4.78 is 21.2. The van der Waals surface area contributed by atoms with Crippen LogP contribution in [0.3, 0.4) is 0 Å². The quantitative estimate of drug-likeness (QED) is 0.124. The molecule has 0 radical (unpaired) electrons. The van der Waals surface area contributed by atoms with Crippen LogP contribution in [0.5, 0.6) is 0 Å². The van der Waals surface area contributed by atoms with Gasteiger partial charge < -0.3 is 80.2 Å². The fraction of sp³-hybridized carbons (Fsp3) is 1.00. The molecular formula is C18H34O16. The van der Waals surface area contributed by atoms with E-state index in [2.05, 4.69) is 0 Å². The summed E-state index contributed by atoms with van der Waals surface area (Å²) in [5, 5.41) is 118. The number of hydrogen-bond acceptors (Lipinski definition) is 16. The molecule has 202 valence electrons. The van der Waals surface area contributed by atoms with Crippen molar-refractivity contribution in [1.82, 2.24) is 0 Å². The second kappa shape index (κ2) is 13.1. The predicted octanol–water partition coefficient (Wildman–Crippen LogP) is -7.94. The molecule has 12 N–H and O–H groups in total. The van der Waals surface area contributed by atoms with Crippen LogP contribution in [0.1, 0.15) is 0 Å². The maximum absolute atomic E-state index is 10.6. The van der Waals surface area contributed by atoms with Crippen molar-refractivity contribution in [1.29, 1.82) is 0 Å². The number of rotatable bonds is 11. The van der Waals surface area contributed by atoms with Crippen molar-refractivity contribution in [2.45, 2.75) is 85.8 Å². The Kier molecular flexibility index (Phi) is 11.4. The van der Waals surface area contributed by atoms with Crippen molar-refractivity contribution in [2.24, 2.45) is 0 Å². The van der Waals surface area contributed by atoms with Gasteiger partial charge in [-0.25, -0.2) is 0 Å². The predicted molar refractivity (Wildman–Crippen MR) is 103 cm³/mol. The maximum atomic E-state index is 10.6. The van der Waals surface area contributed by atoms with Gasteiger partial charge in [0.2, 0.25) is 0 Å². The molecule has 0 saturated carbocycles. The molecule has 16 heteroatoms. The van der Waals surface area contributed by atoms with E-state index in [9.17, 15) is 56.2 Å². The topological polar surface area (TPSA) is 280 Å². The molecule has 2 aliphatic rings. The molecule has 0 bridgehead atoms. The van der Waals surface area contributed by atoms with Gasteiger partial charge in [0.1, 0.15) is 73.2 Å². The summed E-state index contributed by atoms with van der Waals surface area (Å²) in [5.41, 5.74) is 0. The molecular weight excluding hydrogens is 472 g/mol. The summed E-state index contributed by atoms with van der Waals surface area (Å²) in [6.07, 6.45) is -24.7. The first kappa shape index (κ1) is 29.6. The van der Waals surface area contributed by atoms with Crippen molar-refractivity contribution < 1.29 is 80.2 Å². The number of aliphatic hydroxyl groups excluding tert-OH is 12. The van der Waals surface area contributed by atoms with E-state index in [4.69, 9.17) is 24.1 Å². The molecule has 14 atom stereocenters. The van der Waals surface area contributed by atoms with Crippen molar-refractivity contribution in [3.63, 3.8) is 0 Å². The Morgan fingerprint density at radius 3 is 1.68 bits per heavy atom. The first-order valence-electron chi connectivity index (χ1n) is 10.5. The van der Waals surface area contributed by atoms with E-state index in [0.29, 0.717) is 0 Å². The minimum atomic E-state index is -1.98. The first-order valence-corrected chi connectivity index (χ1v) is 10.5. The SMILES string of the molecule is OC[C@@H](O)[C@@H](O[C@@H]1O[C@H](CO)[C@@H](O[C@@H]2O[C@H](CO)[C@@H](O)[C@H](O)[C@H]2O)[C@H](O)[C@H]1O)[C@H](O)[C@@H](O)CO. The van der Waals surface area contributed by atoms with E-state index in [1.165, 1.54) is 0 Å². The van der Waals surface area contributed by atoms with E-state index < -0.39 is 112 Å². The maximum Gasteiger partial charge on any atom is 0.187 e. The highest BCUT2D eigenvalue weighted by molar-refractivity contribution is 4.95. The van der Waals surface area contributed by atoms with E-state index in [-0.39, 0.29) is 0 Å². The summed E-state index contributed by atoms with van der Waals surface area (Å²) in [6.45, 7) is -3.52. The fourth-order valence-corrected chi connectivity index (χ4v) is 3.65. The Balaban J connectivity index is 2.17. The third-order valence-electron chi connectivity index (χ3n) is 5.74. The molecule has 0 aromatic rings. The minimum absolute atomic E-state index is 0.757. The van der Waals surface area contributed by atoms with Crippen LogP contribution in [-0.2, 0) is 18.9 Å². The molecule has 0 spiro atoms. The van der Waals surface area contributed by atoms with Gasteiger partial charge in [0.05, 0.1) is 26.4 Å². The summed E-state index contributed by atoms with van der Waals surface area (Å²) in [7, 11) is 0. The average Bonchev–Trinajstić information content (AvgIpc) is 2.84. The third-order valence-corrected chi connectivity index (χ3v) is 5.74. The molecule has 0 aliphatic carbocycles. The van der Waals surface area contributed by atoms with Crippen LogP contribution in [0.25, 0.3) is 0 Å². The molecule has 2 fully saturated rings. The molecule has 2 saturated heterocycles. The standard InChI is InChI=1S/C18H34O16/c19-1-5(23)9(25)15(6(24)2-20)33-18-14(30)12(28)16(8(4-22)32-18)34-17-13(29)11(27)10(26)7(3-21)31-17/h5-30H,1-4H2/t5-,6+,7+,8+,9+,10+,11-,12+,13+,14+,15+,16+,17-,18-/m0/s1. The Hall–Kier alpha value is -0.640. The van der Waals surface area contributed by atoms with E-state index >= 15 is 0 Å². The van der Waals surface area contributed by atoms with Gasteiger partial charge in [-0.2, -0.15) is 0 Å². The van der Waals surface area contributed by atoms with Crippen LogP contribution in [0.2, 0.25) is 0 Å². The molecule has 2 heterocycles. The number of aliphatic hydroxyl groups is 12. The van der Waals surface area contributed by atoms with Gasteiger partial charge in [0.25, 0.3) is 0 Å². The lowest BCUT2D eigenvalue weighted by atomic mass is 9.96. The highest BCUT2D eigenvalue weighted by Crippen LogP contribution is 2.30. The molecule has 2 rings (SSSR count). The molecule has 0 unspecified atom stereocenters. The zero-order chi connectivity index (χ0) is 25.7. The highest BCUT2D eigenvalue weighted by atomic mass is 16.7. The van der Waals surface area contributed by atoms with Gasteiger partial charge >= 0.3 is 0 Å². The summed E-state index contributed by atoms with van der Waals surface area (Å²) in [4.78, 5) is 0. The molecule has 34 heavy (non-hydrogen) atoms. The van der Waals surface area contributed by atoms with Gasteiger partial charge in [-0.1, -0.05) is 0 Å². The lowest BCUT2D eigenvalue weighted by Gasteiger charge is -2.46. The first-order chi connectivity index (χ1) is 16.0. The fourth-order valence-electron chi connectivity index (χ4n) is 3.65. The van der Waals surface area contributed by atoms with Crippen LogP contribution in [0, 0.1) is 0 Å². The molecule has 0 amide bonds. The van der Waals surface area contributed by atoms with E-state index in [0.717, 1.165) is 0 Å². The Labute approximate surface area is 193 Å². The van der Waals surface area contributed by atoms with Gasteiger partial charge in [0, 0.05) is 0 Å². The van der Waals surface area contributed by atoms with Crippen molar-refractivity contribution in [2.75, 3.05) is 26.4 Å². The Bertz CT molecular complexity index is 594. The second-order valence-corrected chi connectivity index (χ2v) is 8.10. The van der Waals surface area contributed by atoms with Gasteiger partial charge in [0.15, 0.2) is 12.6 Å². The number of hydrogen-bond donors (Lipinski definition) is 12. The normalized spacial score (nSPS) is 42.7. The van der Waals surface area contributed by atoms with Gasteiger partial charge in [-0.15, -0.1) is 0 Å². The van der Waals surface area contributed by atoms with Crippen LogP contribution < -0.4 is 0 Å². The van der Waals surface area contributed by atoms with Crippen LogP contribution >= 0.6 is 0 Å². The lowest BCUT2D eigenvalue weighted by Crippen LogP contribution is -2.65. The molecule has 0 aromatic heterocycles. The number of ether oxygens (including phenoxy) is 4. The van der Waals surface area contributed by atoms with Crippen molar-refractivity contribution >= 4 is 0 Å². The van der Waals surface area contributed by atoms with Crippen molar-refractivity contribution in [3.8, 4) is 0 Å². The average molecular weight is 506 g/mol. The summed E-state index contributed by atoms with van der Waals surface area (Å²) in [6, 6.07) is 0. The molecule has 2 aliphatic heterocycles. The van der Waals surface area contributed by atoms with Gasteiger partial charge in [-0.05, 0) is 0 Å². The third kappa shape index (κ3) is 6.37. The van der Waals surface area contributed by atoms with Gasteiger partial charge in [-0.3, -0.25) is 0 Å². The van der Waals surface area contributed by atoms with E-state index in [1.54, 1.807) is 0 Å². The Morgan fingerprint density at radius 2 is 1.15 bits per heavy atom. The lowest BCUT2D eigenvalue weighted by molar-refractivity contribution is -0.367. The van der Waals surface area contributed by atoms with Crippen LogP contribution in [-0.4, -0.2) is 174 Å². The zero-order valence-electron chi connectivity index (χ0n) is 17.9. The summed E-state index contributed by atoms with van der Waals surface area (Å²) in [5.74, 6) is 0. The van der Waals surface area contributed by atoms with Crippen molar-refractivity contribution in [3.05, 3.63) is 0 Å². The smallest absolute Gasteiger partial charge is 0.187 e. The molecule has 0 aromatic carbocycles. The zero-order valence-corrected chi connectivity index (χ0v) is 17.9. The van der Waals surface area contributed by atoms with Crippen LogP contribution in [0.4, 0.5) is 0 Å². The van der Waals surface area contributed by atoms with Crippen LogP contribution in [0.15, 0.2) is 0 Å². The van der Waals surface area contributed by atoms with E-state index in [1.807, 2.05) is 0 Å². The monoisotopic (exact) mass is 506 g/mol. The highest BCUT2D eigenvalue weighted by Gasteiger charge is 2.51. The second-order valence-electron chi connectivity index (χ2n) is 8.10. The molecule has 16 nitrogen and oxygen atoms in total. The minimum Gasteiger partial charge on any atom is -0.394 e.